The third kappa shape index (κ3) is 2.68. The molecular formula is C13H9N5O3. The third-order valence-corrected chi connectivity index (χ3v) is 2.73. The fourth-order valence-corrected chi connectivity index (χ4v) is 1.80. The van der Waals surface area contributed by atoms with Gasteiger partial charge in [0.05, 0.1) is 4.92 Å². The second-order valence-electron chi connectivity index (χ2n) is 4.09. The monoisotopic (exact) mass is 283 g/mol. The first kappa shape index (κ1) is 12.7. The van der Waals surface area contributed by atoms with E-state index >= 15 is 0 Å². The van der Waals surface area contributed by atoms with Gasteiger partial charge in [0.1, 0.15) is 5.75 Å². The number of aromatic amines is 1. The molecule has 0 aliphatic heterocycles. The minimum absolute atomic E-state index is 0.0949. The Kier molecular flexibility index (Phi) is 3.26. The first-order valence-corrected chi connectivity index (χ1v) is 5.99. The van der Waals surface area contributed by atoms with Gasteiger partial charge in [-0.25, -0.2) is 0 Å². The molecular weight excluding hydrogens is 274 g/mol. The predicted molar refractivity (Wildman–Crippen MR) is 72.8 cm³/mol. The molecule has 104 valence electrons. The van der Waals surface area contributed by atoms with E-state index in [-0.39, 0.29) is 11.4 Å². The Labute approximate surface area is 118 Å². The van der Waals surface area contributed by atoms with E-state index in [0.29, 0.717) is 17.1 Å². The Balaban J connectivity index is 1.93. The van der Waals surface area contributed by atoms with Crippen molar-refractivity contribution in [2.24, 2.45) is 0 Å². The smallest absolute Gasteiger partial charge is 0.311 e. The molecule has 3 aromatic rings. The van der Waals surface area contributed by atoms with Crippen LogP contribution >= 0.6 is 0 Å². The molecule has 0 saturated heterocycles. The summed E-state index contributed by atoms with van der Waals surface area (Å²) in [6.45, 7) is 0. The Morgan fingerprint density at radius 3 is 2.76 bits per heavy atom. The van der Waals surface area contributed by atoms with Gasteiger partial charge in [-0.2, -0.15) is 5.21 Å². The summed E-state index contributed by atoms with van der Waals surface area (Å²) >= 11 is 0. The zero-order chi connectivity index (χ0) is 14.7. The number of tetrazole rings is 1. The Morgan fingerprint density at radius 2 is 2.00 bits per heavy atom. The van der Waals surface area contributed by atoms with E-state index in [1.807, 2.05) is 0 Å². The molecule has 0 aliphatic rings. The van der Waals surface area contributed by atoms with Crippen LogP contribution in [-0.2, 0) is 0 Å². The van der Waals surface area contributed by atoms with E-state index in [0.717, 1.165) is 0 Å². The minimum Gasteiger partial charge on any atom is -0.450 e. The summed E-state index contributed by atoms with van der Waals surface area (Å²) in [4.78, 5) is 10.5. The third-order valence-electron chi connectivity index (χ3n) is 2.73. The van der Waals surface area contributed by atoms with Crippen molar-refractivity contribution in [2.75, 3.05) is 0 Å². The molecule has 3 rings (SSSR count). The number of ether oxygens (including phenoxy) is 1. The van der Waals surface area contributed by atoms with Crippen LogP contribution in [0.5, 0.6) is 11.5 Å². The first-order valence-electron chi connectivity index (χ1n) is 5.99. The summed E-state index contributed by atoms with van der Waals surface area (Å²) in [6, 6.07) is 13.1. The number of rotatable bonds is 4. The van der Waals surface area contributed by atoms with Crippen LogP contribution in [0.15, 0.2) is 48.5 Å². The van der Waals surface area contributed by atoms with E-state index in [4.69, 9.17) is 4.74 Å². The lowest BCUT2D eigenvalue weighted by Crippen LogP contribution is -1.93. The molecule has 0 aliphatic carbocycles. The molecule has 0 fully saturated rings. The number of hydrogen-bond acceptors (Lipinski definition) is 6. The zero-order valence-corrected chi connectivity index (χ0v) is 10.6. The van der Waals surface area contributed by atoms with E-state index < -0.39 is 4.92 Å². The van der Waals surface area contributed by atoms with Gasteiger partial charge >= 0.3 is 5.69 Å². The highest BCUT2D eigenvalue weighted by Gasteiger charge is 2.14. The molecule has 0 bridgehead atoms. The van der Waals surface area contributed by atoms with Crippen LogP contribution in [0.1, 0.15) is 0 Å². The molecule has 0 radical (unpaired) electrons. The quantitative estimate of drug-likeness (QED) is 0.582. The van der Waals surface area contributed by atoms with Gasteiger partial charge in [-0.1, -0.05) is 24.3 Å². The molecule has 0 saturated carbocycles. The van der Waals surface area contributed by atoms with Gasteiger partial charge < -0.3 is 4.74 Å². The van der Waals surface area contributed by atoms with Crippen LogP contribution in [0.3, 0.4) is 0 Å². The van der Waals surface area contributed by atoms with Crippen molar-refractivity contribution in [2.45, 2.75) is 0 Å². The fraction of sp³-hybridized carbons (Fsp3) is 0. The van der Waals surface area contributed by atoms with Crippen molar-refractivity contribution in [3.63, 3.8) is 0 Å². The van der Waals surface area contributed by atoms with Crippen LogP contribution in [0.2, 0.25) is 0 Å². The molecule has 1 N–H and O–H groups in total. The number of nitro groups is 1. The number of aromatic nitrogens is 4. The van der Waals surface area contributed by atoms with Crippen LogP contribution in [0, 0.1) is 10.1 Å². The molecule has 2 aromatic carbocycles. The molecule has 1 aromatic heterocycles. The van der Waals surface area contributed by atoms with Crippen molar-refractivity contribution in [3.8, 4) is 22.9 Å². The number of hydrogen-bond donors (Lipinski definition) is 1. The average molecular weight is 283 g/mol. The van der Waals surface area contributed by atoms with Gasteiger partial charge in [0.2, 0.25) is 11.6 Å². The standard InChI is InChI=1S/C13H9N5O3/c19-18(20)11-6-1-2-7-12(11)21-10-5-3-4-9(8-10)13-14-16-17-15-13/h1-8H,(H,14,15,16,17). The molecule has 0 amide bonds. The average Bonchev–Trinajstić information content (AvgIpc) is 3.02. The number of nitro benzene ring substituents is 1. The maximum Gasteiger partial charge on any atom is 0.311 e. The number of H-pyrrole nitrogens is 1. The van der Waals surface area contributed by atoms with E-state index in [9.17, 15) is 10.1 Å². The topological polar surface area (TPSA) is 107 Å². The molecule has 8 nitrogen and oxygen atoms in total. The number of nitrogens with one attached hydrogen (secondary N) is 1. The summed E-state index contributed by atoms with van der Waals surface area (Å²) in [5.41, 5.74) is 0.599. The Bertz CT molecular complexity index is 773. The summed E-state index contributed by atoms with van der Waals surface area (Å²) in [6.07, 6.45) is 0. The van der Waals surface area contributed by atoms with Gasteiger partial charge in [0, 0.05) is 11.6 Å². The number of nitrogens with zero attached hydrogens (tertiary/aromatic N) is 4. The van der Waals surface area contributed by atoms with Crippen LogP contribution in [0.4, 0.5) is 5.69 Å². The largest absolute Gasteiger partial charge is 0.450 e. The number of benzene rings is 2. The molecule has 0 spiro atoms. The molecule has 8 heteroatoms. The van der Waals surface area contributed by atoms with Gasteiger partial charge in [0.25, 0.3) is 0 Å². The molecule has 0 atom stereocenters. The Hall–Kier alpha value is -3.29. The maximum absolute atomic E-state index is 11.0. The van der Waals surface area contributed by atoms with Gasteiger partial charge in [-0.05, 0) is 23.4 Å². The van der Waals surface area contributed by atoms with Gasteiger partial charge in [0.15, 0.2) is 0 Å². The van der Waals surface area contributed by atoms with Gasteiger partial charge in [-0.3, -0.25) is 10.1 Å². The fourth-order valence-electron chi connectivity index (χ4n) is 1.80. The van der Waals surface area contributed by atoms with Crippen molar-refractivity contribution in [1.29, 1.82) is 0 Å². The van der Waals surface area contributed by atoms with Crippen molar-refractivity contribution in [1.82, 2.24) is 20.6 Å². The second kappa shape index (κ2) is 5.37. The van der Waals surface area contributed by atoms with Crippen molar-refractivity contribution in [3.05, 3.63) is 58.6 Å². The van der Waals surface area contributed by atoms with E-state index in [2.05, 4.69) is 20.6 Å². The lowest BCUT2D eigenvalue weighted by molar-refractivity contribution is -0.385. The lowest BCUT2D eigenvalue weighted by atomic mass is 10.2. The predicted octanol–water partition coefficient (Wildman–Crippen LogP) is 2.57. The highest BCUT2D eigenvalue weighted by molar-refractivity contribution is 5.57. The van der Waals surface area contributed by atoms with E-state index in [1.54, 1.807) is 42.5 Å². The first-order chi connectivity index (χ1) is 10.2. The minimum atomic E-state index is -0.488. The summed E-state index contributed by atoms with van der Waals surface area (Å²) < 4.78 is 5.58. The summed E-state index contributed by atoms with van der Waals surface area (Å²) in [7, 11) is 0. The second-order valence-corrected chi connectivity index (χ2v) is 4.09. The highest BCUT2D eigenvalue weighted by Crippen LogP contribution is 2.31. The zero-order valence-electron chi connectivity index (χ0n) is 10.6. The van der Waals surface area contributed by atoms with Crippen LogP contribution in [-0.4, -0.2) is 25.5 Å². The molecule has 21 heavy (non-hydrogen) atoms. The van der Waals surface area contributed by atoms with E-state index in [1.165, 1.54) is 6.07 Å². The van der Waals surface area contributed by atoms with Crippen molar-refractivity contribution >= 4 is 5.69 Å². The number of para-hydroxylation sites is 2. The van der Waals surface area contributed by atoms with Gasteiger partial charge in [-0.15, -0.1) is 10.2 Å². The molecule has 0 unspecified atom stereocenters. The molecule has 1 heterocycles. The summed E-state index contributed by atoms with van der Waals surface area (Å²) in [5, 5.41) is 24.5. The van der Waals surface area contributed by atoms with Crippen LogP contribution in [0.25, 0.3) is 11.4 Å². The summed E-state index contributed by atoms with van der Waals surface area (Å²) in [5.74, 6) is 1.04. The van der Waals surface area contributed by atoms with Crippen LogP contribution < -0.4 is 4.74 Å². The lowest BCUT2D eigenvalue weighted by Gasteiger charge is -2.06. The maximum atomic E-state index is 11.0. The normalized spacial score (nSPS) is 10.3. The highest BCUT2D eigenvalue weighted by atomic mass is 16.6. The SMILES string of the molecule is O=[N+]([O-])c1ccccc1Oc1cccc(-c2nn[nH]n2)c1. The van der Waals surface area contributed by atoms with Crippen molar-refractivity contribution < 1.29 is 9.66 Å². The Morgan fingerprint density at radius 1 is 1.14 bits per heavy atom.